The average Bonchev–Trinajstić information content (AvgIpc) is 2.92. The number of fused-ring (bicyclic) bond motifs is 1. The molecular formula is C31H48O12. The molecule has 6 N–H and O–H groups in total. The molecule has 12 nitrogen and oxygen atoms in total. The third kappa shape index (κ3) is 8.64. The average molecular weight is 613 g/mol. The molecule has 0 saturated carbocycles. The van der Waals surface area contributed by atoms with E-state index >= 15 is 0 Å². The molecule has 3 aliphatic rings. The highest BCUT2D eigenvalue weighted by atomic mass is 16.7. The quantitative estimate of drug-likeness (QED) is 0.174. The molecule has 0 spiro atoms. The topological polar surface area (TPSA) is 200 Å². The minimum Gasteiger partial charge on any atom is -0.479 e. The van der Waals surface area contributed by atoms with Crippen molar-refractivity contribution in [1.82, 2.24) is 0 Å². The molecule has 1 heterocycles. The summed E-state index contributed by atoms with van der Waals surface area (Å²) in [7, 11) is 0. The van der Waals surface area contributed by atoms with Crippen molar-refractivity contribution < 1.29 is 59.2 Å². The lowest BCUT2D eigenvalue weighted by atomic mass is 9.65. The van der Waals surface area contributed by atoms with E-state index in [1.807, 2.05) is 20.8 Å². The molecule has 1 aliphatic heterocycles. The minimum absolute atomic E-state index is 0.0228. The first-order valence-corrected chi connectivity index (χ1v) is 15.1. The lowest BCUT2D eigenvalue weighted by Gasteiger charge is -2.44. The summed E-state index contributed by atoms with van der Waals surface area (Å²) in [4.78, 5) is 36.6. The van der Waals surface area contributed by atoms with Crippen LogP contribution in [0, 0.1) is 29.1 Å². The van der Waals surface area contributed by atoms with Gasteiger partial charge in [0.25, 0.3) is 0 Å². The highest BCUT2D eigenvalue weighted by Gasteiger charge is 2.49. The number of aliphatic hydroxyl groups excluding tert-OH is 5. The van der Waals surface area contributed by atoms with Gasteiger partial charge < -0.3 is 44.8 Å². The molecule has 2 aliphatic carbocycles. The molecule has 0 aromatic carbocycles. The van der Waals surface area contributed by atoms with Crippen molar-refractivity contribution >= 4 is 17.9 Å². The zero-order valence-electron chi connectivity index (χ0n) is 25.5. The Morgan fingerprint density at radius 1 is 1.05 bits per heavy atom. The molecule has 0 aromatic heterocycles. The summed E-state index contributed by atoms with van der Waals surface area (Å²) in [5.74, 6) is -2.43. The number of carbonyl (C=O) groups excluding carboxylic acids is 2. The molecular weight excluding hydrogens is 564 g/mol. The molecule has 0 unspecified atom stereocenters. The van der Waals surface area contributed by atoms with Gasteiger partial charge in [-0.25, -0.2) is 4.79 Å². The lowest BCUT2D eigenvalue weighted by Crippen LogP contribution is -2.60. The molecule has 43 heavy (non-hydrogen) atoms. The summed E-state index contributed by atoms with van der Waals surface area (Å²) >= 11 is 0. The summed E-state index contributed by atoms with van der Waals surface area (Å²) in [5.41, 5.74) is 0.533. The van der Waals surface area contributed by atoms with E-state index in [-0.39, 0.29) is 42.2 Å². The summed E-state index contributed by atoms with van der Waals surface area (Å²) in [6.07, 6.45) is -4.12. The van der Waals surface area contributed by atoms with Crippen LogP contribution in [-0.4, -0.2) is 97.6 Å². The van der Waals surface area contributed by atoms with Gasteiger partial charge in [-0.2, -0.15) is 0 Å². The predicted octanol–water partition coefficient (Wildman–Crippen LogP) is 1.46. The van der Waals surface area contributed by atoms with E-state index < -0.39 is 66.7 Å². The third-order valence-corrected chi connectivity index (χ3v) is 9.13. The fourth-order valence-corrected chi connectivity index (χ4v) is 6.08. The molecule has 0 radical (unpaired) electrons. The molecule has 0 aromatic rings. The van der Waals surface area contributed by atoms with Crippen LogP contribution in [0.1, 0.15) is 73.1 Å². The number of esters is 2. The first kappa shape index (κ1) is 35.1. The Morgan fingerprint density at radius 2 is 1.72 bits per heavy atom. The summed E-state index contributed by atoms with van der Waals surface area (Å²) in [5, 5.41) is 60.0. The zero-order chi connectivity index (χ0) is 32.2. The number of hydrogen-bond donors (Lipinski definition) is 6. The number of carbonyl (C=O) groups is 3. The maximum Gasteiger partial charge on any atom is 0.335 e. The highest BCUT2D eigenvalue weighted by Crippen LogP contribution is 2.45. The second kappa shape index (κ2) is 14.6. The second-order valence-corrected chi connectivity index (χ2v) is 13.0. The van der Waals surface area contributed by atoms with Crippen LogP contribution in [0.2, 0.25) is 0 Å². The van der Waals surface area contributed by atoms with Gasteiger partial charge in [-0.05, 0) is 69.3 Å². The number of ether oxygens (including phenoxy) is 3. The van der Waals surface area contributed by atoms with Crippen molar-refractivity contribution in [2.24, 2.45) is 29.1 Å². The summed E-state index contributed by atoms with van der Waals surface area (Å²) < 4.78 is 16.0. The van der Waals surface area contributed by atoms with Crippen LogP contribution in [-0.2, 0) is 28.6 Å². The zero-order valence-corrected chi connectivity index (χ0v) is 25.5. The first-order chi connectivity index (χ1) is 20.0. The van der Waals surface area contributed by atoms with E-state index in [4.69, 9.17) is 19.3 Å². The minimum atomic E-state index is -1.93. The summed E-state index contributed by atoms with van der Waals surface area (Å²) in [6.45, 7) is 9.90. The fourth-order valence-electron chi connectivity index (χ4n) is 6.08. The fraction of sp³-hybridized carbons (Fsp3) is 0.774. The van der Waals surface area contributed by atoms with E-state index in [2.05, 4.69) is 32.1 Å². The van der Waals surface area contributed by atoms with Crippen molar-refractivity contribution in [2.75, 3.05) is 0 Å². The molecule has 12 heteroatoms. The number of hydrogen-bond acceptors (Lipinski definition) is 11. The van der Waals surface area contributed by atoms with Gasteiger partial charge >= 0.3 is 17.9 Å². The predicted molar refractivity (Wildman–Crippen MR) is 152 cm³/mol. The highest BCUT2D eigenvalue weighted by molar-refractivity contribution is 5.76. The maximum atomic E-state index is 13.0. The van der Waals surface area contributed by atoms with Gasteiger partial charge in [0.2, 0.25) is 6.29 Å². The second-order valence-electron chi connectivity index (χ2n) is 13.0. The van der Waals surface area contributed by atoms with E-state index in [0.29, 0.717) is 25.7 Å². The van der Waals surface area contributed by atoms with Crippen molar-refractivity contribution in [2.45, 2.75) is 122 Å². The standard InChI is InChI=1S/C31H48O12/c1-6-31(4,5)30(40)41-21-12-15(2)11-17-8-7-16(3)20(23(17)21)10-9-18(32)13-19(33)14-22(34)42-29-26(37)24(35)25(36)27(43-29)28(38)39/h7-8,11,15-16,18-21,23-27,29,32-33,35-37H,6,9-10,12-14H2,1-5H3,(H,38,39)/t15-,16-,18+,19+,20-,21-,23-,24+,25+,26-,27+,29-/m0/s1. The van der Waals surface area contributed by atoms with Crippen molar-refractivity contribution in [3.8, 4) is 0 Å². The Labute approximate surface area is 252 Å². The van der Waals surface area contributed by atoms with Gasteiger partial charge in [0.1, 0.15) is 24.4 Å². The SMILES string of the molecule is CCC(C)(C)C(=O)O[C@H]1C[C@@H](C)C=C2C=C[C@H](C)[C@H](CC[C@@H](O)C[C@@H](O)CC(=O)O[C@H]3O[C@@H](C(=O)O)[C@H](O)[C@@H](O)[C@@H]3O)[C@H]21. The van der Waals surface area contributed by atoms with Gasteiger partial charge in [-0.1, -0.05) is 39.0 Å². The van der Waals surface area contributed by atoms with Crippen molar-refractivity contribution in [1.29, 1.82) is 0 Å². The van der Waals surface area contributed by atoms with Crippen LogP contribution in [0.25, 0.3) is 0 Å². The van der Waals surface area contributed by atoms with E-state index in [1.54, 1.807) is 0 Å². The number of carboxylic acid groups (broad SMARTS) is 1. The Morgan fingerprint density at radius 3 is 2.35 bits per heavy atom. The Kier molecular flexibility index (Phi) is 11.9. The van der Waals surface area contributed by atoms with Gasteiger partial charge in [0.05, 0.1) is 24.0 Å². The van der Waals surface area contributed by atoms with Gasteiger partial charge in [0, 0.05) is 5.92 Å². The molecule has 244 valence electrons. The third-order valence-electron chi connectivity index (χ3n) is 9.13. The monoisotopic (exact) mass is 612 g/mol. The smallest absolute Gasteiger partial charge is 0.335 e. The number of carboxylic acids is 1. The van der Waals surface area contributed by atoms with Gasteiger partial charge in [0.15, 0.2) is 6.10 Å². The Bertz CT molecular complexity index is 1050. The number of allylic oxidation sites excluding steroid dienone is 3. The Balaban J connectivity index is 1.57. The van der Waals surface area contributed by atoms with Crippen LogP contribution in [0.15, 0.2) is 23.8 Å². The normalized spacial score (nSPS) is 35.7. The largest absolute Gasteiger partial charge is 0.479 e. The van der Waals surface area contributed by atoms with Crippen LogP contribution >= 0.6 is 0 Å². The van der Waals surface area contributed by atoms with Gasteiger partial charge in [-0.3, -0.25) is 9.59 Å². The molecule has 1 fully saturated rings. The summed E-state index contributed by atoms with van der Waals surface area (Å²) in [6, 6.07) is 0. The van der Waals surface area contributed by atoms with Crippen LogP contribution in [0.5, 0.6) is 0 Å². The molecule has 0 bridgehead atoms. The van der Waals surface area contributed by atoms with Crippen molar-refractivity contribution in [3.63, 3.8) is 0 Å². The van der Waals surface area contributed by atoms with Crippen LogP contribution in [0.4, 0.5) is 0 Å². The molecule has 0 amide bonds. The molecule has 1 saturated heterocycles. The van der Waals surface area contributed by atoms with E-state index in [1.165, 1.54) is 0 Å². The van der Waals surface area contributed by atoms with Crippen molar-refractivity contribution in [3.05, 3.63) is 23.8 Å². The first-order valence-electron chi connectivity index (χ1n) is 15.1. The number of rotatable bonds is 12. The van der Waals surface area contributed by atoms with E-state index in [0.717, 1.165) is 5.57 Å². The van der Waals surface area contributed by atoms with Crippen LogP contribution < -0.4 is 0 Å². The molecule has 12 atom stereocenters. The van der Waals surface area contributed by atoms with Gasteiger partial charge in [-0.15, -0.1) is 0 Å². The van der Waals surface area contributed by atoms with Crippen LogP contribution in [0.3, 0.4) is 0 Å². The maximum absolute atomic E-state index is 13.0. The number of aliphatic carboxylic acids is 1. The van der Waals surface area contributed by atoms with E-state index in [9.17, 15) is 39.9 Å². The lowest BCUT2D eigenvalue weighted by molar-refractivity contribution is -0.286. The number of aliphatic hydroxyl groups is 5. The molecule has 3 rings (SSSR count). The Hall–Kier alpha value is -2.35.